The molecular formula is C12H20N2O5S. The summed E-state index contributed by atoms with van der Waals surface area (Å²) in [4.78, 5) is 24.2. The molecule has 2 N–H and O–H groups in total. The van der Waals surface area contributed by atoms with E-state index >= 15 is 0 Å². The van der Waals surface area contributed by atoms with Crippen LogP contribution in [0.1, 0.15) is 25.7 Å². The van der Waals surface area contributed by atoms with E-state index in [9.17, 15) is 18.0 Å². The molecule has 2 unspecified atom stereocenters. The van der Waals surface area contributed by atoms with Crippen molar-refractivity contribution >= 4 is 21.8 Å². The zero-order valence-corrected chi connectivity index (χ0v) is 12.1. The third-order valence-electron chi connectivity index (χ3n) is 3.83. The zero-order chi connectivity index (χ0) is 14.8. The molecule has 0 aromatic rings. The number of likely N-dealkylation sites (tertiary alicyclic amines) is 1. The van der Waals surface area contributed by atoms with Gasteiger partial charge in [-0.1, -0.05) is 0 Å². The molecule has 2 atom stereocenters. The van der Waals surface area contributed by atoms with Crippen LogP contribution in [0, 0.1) is 5.92 Å². The van der Waals surface area contributed by atoms with Crippen molar-refractivity contribution in [2.75, 3.05) is 24.6 Å². The molecule has 2 aliphatic rings. The van der Waals surface area contributed by atoms with Gasteiger partial charge < -0.3 is 15.3 Å². The largest absolute Gasteiger partial charge is 0.481 e. The minimum absolute atomic E-state index is 0.00509. The second-order valence-corrected chi connectivity index (χ2v) is 7.83. The van der Waals surface area contributed by atoms with E-state index in [0.29, 0.717) is 32.4 Å². The number of sulfone groups is 1. The lowest BCUT2D eigenvalue weighted by Crippen LogP contribution is -2.48. The van der Waals surface area contributed by atoms with E-state index in [2.05, 4.69) is 5.32 Å². The highest BCUT2D eigenvalue weighted by atomic mass is 32.2. The number of carbonyl (C=O) groups is 2. The summed E-state index contributed by atoms with van der Waals surface area (Å²) in [5.74, 6) is -0.654. The highest BCUT2D eigenvalue weighted by molar-refractivity contribution is 7.91. The molecule has 2 amide bonds. The molecule has 0 aromatic carbocycles. The van der Waals surface area contributed by atoms with Crippen molar-refractivity contribution in [3.63, 3.8) is 0 Å². The van der Waals surface area contributed by atoms with E-state index in [1.54, 1.807) is 4.90 Å². The molecule has 2 heterocycles. The van der Waals surface area contributed by atoms with Crippen molar-refractivity contribution in [1.29, 1.82) is 0 Å². The average Bonchev–Trinajstić information content (AvgIpc) is 2.75. The number of amides is 2. The van der Waals surface area contributed by atoms with Gasteiger partial charge in [-0.25, -0.2) is 13.2 Å². The lowest BCUT2D eigenvalue weighted by atomic mass is 10.1. The average molecular weight is 304 g/mol. The molecule has 114 valence electrons. The van der Waals surface area contributed by atoms with E-state index in [-0.39, 0.29) is 35.9 Å². The maximum absolute atomic E-state index is 12.0. The quantitative estimate of drug-likeness (QED) is 0.768. The van der Waals surface area contributed by atoms with Crippen LogP contribution in [-0.2, 0) is 14.6 Å². The first kappa shape index (κ1) is 15.1. The second-order valence-electron chi connectivity index (χ2n) is 5.60. The van der Waals surface area contributed by atoms with Crippen LogP contribution in [0.15, 0.2) is 0 Å². The van der Waals surface area contributed by atoms with Crippen LogP contribution in [0.2, 0.25) is 0 Å². The number of carbonyl (C=O) groups excluding carboxylic acids is 1. The Morgan fingerprint density at radius 2 is 2.05 bits per heavy atom. The Morgan fingerprint density at radius 3 is 2.70 bits per heavy atom. The fraction of sp³-hybridized carbons (Fsp3) is 0.833. The van der Waals surface area contributed by atoms with Crippen LogP contribution in [0.25, 0.3) is 0 Å². The molecule has 0 aromatic heterocycles. The molecule has 2 saturated heterocycles. The van der Waals surface area contributed by atoms with E-state index in [1.165, 1.54) is 0 Å². The molecule has 7 nitrogen and oxygen atoms in total. The number of carboxylic acids is 1. The number of nitrogens with one attached hydrogen (secondary N) is 1. The van der Waals surface area contributed by atoms with Crippen molar-refractivity contribution in [3.05, 3.63) is 0 Å². The van der Waals surface area contributed by atoms with Crippen molar-refractivity contribution in [3.8, 4) is 0 Å². The van der Waals surface area contributed by atoms with Gasteiger partial charge in [0.25, 0.3) is 0 Å². The van der Waals surface area contributed by atoms with Crippen LogP contribution in [0.4, 0.5) is 4.79 Å². The Bertz CT molecular complexity index is 490. The SMILES string of the molecule is O=C(O)CC1CCN(C(=O)NC2CCCS(=O)(=O)C2)C1. The molecule has 0 spiro atoms. The number of rotatable bonds is 3. The van der Waals surface area contributed by atoms with Gasteiger partial charge in [0.15, 0.2) is 9.84 Å². The first-order valence-corrected chi connectivity index (χ1v) is 8.65. The van der Waals surface area contributed by atoms with Crippen molar-refractivity contribution in [2.24, 2.45) is 5.92 Å². The minimum atomic E-state index is -3.04. The Kier molecular flexibility index (Phi) is 4.52. The van der Waals surface area contributed by atoms with E-state index in [1.807, 2.05) is 0 Å². The number of hydrogen-bond acceptors (Lipinski definition) is 4. The van der Waals surface area contributed by atoms with E-state index in [4.69, 9.17) is 5.11 Å². The fourth-order valence-corrected chi connectivity index (χ4v) is 4.47. The fourth-order valence-electron chi connectivity index (χ4n) is 2.83. The van der Waals surface area contributed by atoms with Crippen LogP contribution in [0.5, 0.6) is 0 Å². The Hall–Kier alpha value is -1.31. The van der Waals surface area contributed by atoms with Crippen molar-refractivity contribution in [2.45, 2.75) is 31.7 Å². The van der Waals surface area contributed by atoms with Crippen LogP contribution >= 0.6 is 0 Å². The summed E-state index contributed by atoms with van der Waals surface area (Å²) in [6.07, 6.45) is 2.01. The summed E-state index contributed by atoms with van der Waals surface area (Å²) in [6.45, 7) is 0.959. The van der Waals surface area contributed by atoms with Gasteiger partial charge in [0, 0.05) is 25.6 Å². The van der Waals surface area contributed by atoms with Crippen LogP contribution in [0.3, 0.4) is 0 Å². The molecule has 0 radical (unpaired) electrons. The maximum atomic E-state index is 12.0. The predicted molar refractivity (Wildman–Crippen MR) is 72.1 cm³/mol. The first-order valence-electron chi connectivity index (χ1n) is 6.83. The van der Waals surface area contributed by atoms with Gasteiger partial charge in [0.05, 0.1) is 11.5 Å². The Labute approximate surface area is 118 Å². The van der Waals surface area contributed by atoms with Crippen LogP contribution in [-0.4, -0.2) is 61.1 Å². The smallest absolute Gasteiger partial charge is 0.317 e. The van der Waals surface area contributed by atoms with Gasteiger partial charge in [-0.05, 0) is 25.2 Å². The van der Waals surface area contributed by atoms with Gasteiger partial charge in [-0.3, -0.25) is 4.79 Å². The van der Waals surface area contributed by atoms with Gasteiger partial charge >= 0.3 is 12.0 Å². The highest BCUT2D eigenvalue weighted by Gasteiger charge is 2.31. The molecule has 0 saturated carbocycles. The standard InChI is InChI=1S/C12H20N2O5S/c15-11(16)6-9-3-4-14(7-9)12(17)13-10-2-1-5-20(18,19)8-10/h9-10H,1-8H2,(H,13,17)(H,15,16). The molecule has 20 heavy (non-hydrogen) atoms. The molecule has 2 aliphatic heterocycles. The summed E-state index contributed by atoms with van der Waals surface area (Å²) in [7, 11) is -3.04. The molecule has 0 aliphatic carbocycles. The molecule has 0 bridgehead atoms. The third kappa shape index (κ3) is 4.09. The van der Waals surface area contributed by atoms with Gasteiger partial charge in [-0.15, -0.1) is 0 Å². The molecule has 8 heteroatoms. The van der Waals surface area contributed by atoms with Gasteiger partial charge in [0.2, 0.25) is 0 Å². The summed E-state index contributed by atoms with van der Waals surface area (Å²) in [6, 6.07) is -0.597. The van der Waals surface area contributed by atoms with Gasteiger partial charge in [0.1, 0.15) is 0 Å². The van der Waals surface area contributed by atoms with Crippen molar-refractivity contribution < 1.29 is 23.1 Å². The minimum Gasteiger partial charge on any atom is -0.481 e. The summed E-state index contributed by atoms with van der Waals surface area (Å²) in [5, 5.41) is 11.5. The lowest BCUT2D eigenvalue weighted by molar-refractivity contribution is -0.138. The monoisotopic (exact) mass is 304 g/mol. The van der Waals surface area contributed by atoms with E-state index in [0.717, 1.165) is 0 Å². The summed E-state index contributed by atoms with van der Waals surface area (Å²) in [5.41, 5.74) is 0. The Morgan fingerprint density at radius 1 is 1.30 bits per heavy atom. The summed E-state index contributed by atoms with van der Waals surface area (Å²) < 4.78 is 23.0. The number of aliphatic carboxylic acids is 1. The highest BCUT2D eigenvalue weighted by Crippen LogP contribution is 2.20. The van der Waals surface area contributed by atoms with Gasteiger partial charge in [-0.2, -0.15) is 0 Å². The number of urea groups is 1. The van der Waals surface area contributed by atoms with E-state index < -0.39 is 15.8 Å². The zero-order valence-electron chi connectivity index (χ0n) is 11.2. The topological polar surface area (TPSA) is 104 Å². The normalized spacial score (nSPS) is 29.1. The van der Waals surface area contributed by atoms with Crippen LogP contribution < -0.4 is 5.32 Å². The molecule has 2 fully saturated rings. The Balaban J connectivity index is 1.82. The number of carboxylic acid groups (broad SMARTS) is 1. The number of nitrogens with zero attached hydrogens (tertiary/aromatic N) is 1. The molecule has 2 rings (SSSR count). The second kappa shape index (κ2) is 5.99. The first-order chi connectivity index (χ1) is 9.35. The summed E-state index contributed by atoms with van der Waals surface area (Å²) >= 11 is 0. The third-order valence-corrected chi connectivity index (χ3v) is 5.65. The van der Waals surface area contributed by atoms with Crippen molar-refractivity contribution in [1.82, 2.24) is 10.2 Å². The number of hydrogen-bond donors (Lipinski definition) is 2. The lowest BCUT2D eigenvalue weighted by Gasteiger charge is -2.26. The predicted octanol–water partition coefficient (Wildman–Crippen LogP) is 0.0698. The maximum Gasteiger partial charge on any atom is 0.317 e. The molecular weight excluding hydrogens is 284 g/mol.